The number of nitrogens with one attached hydrogen (secondary N) is 1. The number of rotatable bonds is 3. The van der Waals surface area contributed by atoms with E-state index in [9.17, 15) is 9.90 Å². The highest BCUT2D eigenvalue weighted by Crippen LogP contribution is 2.41. The Bertz CT molecular complexity index is 914. The number of hydrogen-bond donors (Lipinski definition) is 2. The summed E-state index contributed by atoms with van der Waals surface area (Å²) in [5, 5.41) is 15.2. The molecule has 2 saturated heterocycles. The van der Waals surface area contributed by atoms with Crippen LogP contribution in [0.1, 0.15) is 39.0 Å². The van der Waals surface area contributed by atoms with Crippen molar-refractivity contribution < 1.29 is 14.6 Å². The first-order chi connectivity index (χ1) is 14.0. The molecule has 1 spiro atoms. The third-order valence-corrected chi connectivity index (χ3v) is 6.73. The van der Waals surface area contributed by atoms with E-state index in [1.165, 1.54) is 0 Å². The number of fused-ring (bicyclic) bond motifs is 1. The van der Waals surface area contributed by atoms with Gasteiger partial charge >= 0.3 is 0 Å². The van der Waals surface area contributed by atoms with Gasteiger partial charge in [-0.3, -0.25) is 9.78 Å². The molecule has 0 unspecified atom stereocenters. The lowest BCUT2D eigenvalue weighted by molar-refractivity contribution is -0.181. The Balaban J connectivity index is 1.27. The molecule has 2 aromatic rings. The van der Waals surface area contributed by atoms with Crippen LogP contribution in [0, 0.1) is 5.92 Å². The number of pyridine rings is 2. The highest BCUT2D eigenvalue weighted by atomic mass is 16.5. The van der Waals surface area contributed by atoms with Crippen LogP contribution >= 0.6 is 0 Å². The Morgan fingerprint density at radius 2 is 2.03 bits per heavy atom. The Morgan fingerprint density at radius 1 is 1.24 bits per heavy atom. The van der Waals surface area contributed by atoms with Crippen LogP contribution in [0.15, 0.2) is 30.6 Å². The first kappa shape index (κ1) is 18.8. The SMILES string of the molecule is C[C@]1(O)CC2(CCN(c3nccc4ncccc34)CC2)OC[C@@H]1NC(=O)C1CC1. The van der Waals surface area contributed by atoms with Gasteiger partial charge in [-0.2, -0.15) is 0 Å². The third kappa shape index (κ3) is 3.57. The quantitative estimate of drug-likeness (QED) is 0.826. The molecule has 154 valence electrons. The maximum Gasteiger partial charge on any atom is 0.223 e. The molecule has 4 heterocycles. The van der Waals surface area contributed by atoms with Crippen LogP contribution in [-0.2, 0) is 9.53 Å². The zero-order valence-corrected chi connectivity index (χ0v) is 16.8. The van der Waals surface area contributed by atoms with Crippen molar-refractivity contribution in [3.05, 3.63) is 30.6 Å². The Morgan fingerprint density at radius 3 is 2.76 bits per heavy atom. The van der Waals surface area contributed by atoms with E-state index in [4.69, 9.17) is 4.74 Å². The van der Waals surface area contributed by atoms with Crippen LogP contribution in [0.3, 0.4) is 0 Å². The lowest BCUT2D eigenvalue weighted by Crippen LogP contribution is -2.64. The molecule has 0 radical (unpaired) electrons. The summed E-state index contributed by atoms with van der Waals surface area (Å²) in [6, 6.07) is 5.59. The molecule has 29 heavy (non-hydrogen) atoms. The number of anilines is 1. The average Bonchev–Trinajstić information content (AvgIpc) is 3.56. The van der Waals surface area contributed by atoms with Gasteiger partial charge < -0.3 is 20.1 Å². The normalized spacial score (nSPS) is 29.2. The molecule has 3 aliphatic rings. The van der Waals surface area contributed by atoms with Gasteiger partial charge in [-0.25, -0.2) is 4.98 Å². The molecule has 2 aromatic heterocycles. The van der Waals surface area contributed by atoms with Crippen molar-refractivity contribution in [3.8, 4) is 0 Å². The molecule has 0 aromatic carbocycles. The van der Waals surface area contributed by atoms with E-state index in [-0.39, 0.29) is 23.5 Å². The van der Waals surface area contributed by atoms with Gasteiger partial charge in [-0.15, -0.1) is 0 Å². The van der Waals surface area contributed by atoms with Gasteiger partial charge in [0, 0.05) is 43.2 Å². The minimum absolute atomic E-state index is 0.0558. The summed E-state index contributed by atoms with van der Waals surface area (Å²) in [5.74, 6) is 1.15. The number of aliphatic hydroxyl groups is 1. The zero-order valence-electron chi connectivity index (χ0n) is 16.8. The molecule has 2 N–H and O–H groups in total. The predicted octanol–water partition coefficient (Wildman–Crippen LogP) is 2.03. The molecule has 7 heteroatoms. The molecule has 2 aliphatic heterocycles. The summed E-state index contributed by atoms with van der Waals surface area (Å²) in [4.78, 5) is 23.5. The van der Waals surface area contributed by atoms with Crippen LogP contribution < -0.4 is 10.2 Å². The molecule has 2 atom stereocenters. The highest BCUT2D eigenvalue weighted by Gasteiger charge is 2.50. The van der Waals surface area contributed by atoms with Crippen LogP contribution in [0.5, 0.6) is 0 Å². The van der Waals surface area contributed by atoms with Crippen molar-refractivity contribution in [2.75, 3.05) is 24.6 Å². The summed E-state index contributed by atoms with van der Waals surface area (Å²) >= 11 is 0. The van der Waals surface area contributed by atoms with Crippen LogP contribution in [0.25, 0.3) is 10.9 Å². The smallest absolute Gasteiger partial charge is 0.223 e. The van der Waals surface area contributed by atoms with Crippen molar-refractivity contribution in [2.45, 2.75) is 56.3 Å². The third-order valence-electron chi connectivity index (χ3n) is 6.73. The summed E-state index contributed by atoms with van der Waals surface area (Å²) < 4.78 is 6.29. The van der Waals surface area contributed by atoms with Gasteiger partial charge in [0.05, 0.1) is 29.4 Å². The number of nitrogens with zero attached hydrogens (tertiary/aromatic N) is 3. The second-order valence-electron chi connectivity index (χ2n) is 9.06. The van der Waals surface area contributed by atoms with Crippen molar-refractivity contribution in [2.24, 2.45) is 5.92 Å². The molecular formula is C22H28N4O3. The van der Waals surface area contributed by atoms with E-state index in [2.05, 4.69) is 26.3 Å². The van der Waals surface area contributed by atoms with Gasteiger partial charge in [-0.1, -0.05) is 0 Å². The molecule has 1 amide bonds. The molecule has 5 rings (SSSR count). The Labute approximate surface area is 170 Å². The monoisotopic (exact) mass is 396 g/mol. The van der Waals surface area contributed by atoms with E-state index in [1.54, 1.807) is 6.20 Å². The maximum atomic E-state index is 12.1. The molecular weight excluding hydrogens is 368 g/mol. The number of hydrogen-bond acceptors (Lipinski definition) is 6. The lowest BCUT2D eigenvalue weighted by Gasteiger charge is -2.51. The lowest BCUT2D eigenvalue weighted by atomic mass is 9.75. The number of amides is 1. The minimum atomic E-state index is -0.966. The van der Waals surface area contributed by atoms with Crippen molar-refractivity contribution in [1.29, 1.82) is 0 Å². The van der Waals surface area contributed by atoms with Gasteiger partial charge in [0.15, 0.2) is 0 Å². The molecule has 7 nitrogen and oxygen atoms in total. The van der Waals surface area contributed by atoms with Crippen molar-refractivity contribution in [3.63, 3.8) is 0 Å². The predicted molar refractivity (Wildman–Crippen MR) is 110 cm³/mol. The molecule has 0 bridgehead atoms. The van der Waals surface area contributed by atoms with Crippen LogP contribution in [0.2, 0.25) is 0 Å². The van der Waals surface area contributed by atoms with Gasteiger partial charge in [0.2, 0.25) is 5.91 Å². The average molecular weight is 396 g/mol. The summed E-state index contributed by atoms with van der Waals surface area (Å²) in [5.41, 5.74) is -0.361. The van der Waals surface area contributed by atoms with E-state index in [1.807, 2.05) is 25.3 Å². The summed E-state index contributed by atoms with van der Waals surface area (Å²) in [6.45, 7) is 3.83. The zero-order chi connectivity index (χ0) is 20.1. The van der Waals surface area contributed by atoms with Crippen molar-refractivity contribution in [1.82, 2.24) is 15.3 Å². The largest absolute Gasteiger partial charge is 0.388 e. The topological polar surface area (TPSA) is 87.6 Å². The summed E-state index contributed by atoms with van der Waals surface area (Å²) in [6.07, 6.45) is 7.71. The number of piperidine rings is 1. The first-order valence-electron chi connectivity index (χ1n) is 10.6. The number of carbonyl (C=O) groups is 1. The van der Waals surface area contributed by atoms with E-state index in [0.717, 1.165) is 55.5 Å². The van der Waals surface area contributed by atoms with Gasteiger partial charge in [-0.05, 0) is 50.8 Å². The molecule has 1 aliphatic carbocycles. The second-order valence-corrected chi connectivity index (χ2v) is 9.06. The maximum absolute atomic E-state index is 12.1. The summed E-state index contributed by atoms with van der Waals surface area (Å²) in [7, 11) is 0. The molecule has 1 saturated carbocycles. The van der Waals surface area contributed by atoms with E-state index in [0.29, 0.717) is 13.0 Å². The second kappa shape index (κ2) is 6.92. The highest BCUT2D eigenvalue weighted by molar-refractivity contribution is 5.89. The van der Waals surface area contributed by atoms with E-state index < -0.39 is 5.60 Å². The number of aromatic nitrogens is 2. The first-order valence-corrected chi connectivity index (χ1v) is 10.6. The Hall–Kier alpha value is -2.25. The number of ether oxygens (including phenoxy) is 1. The fraction of sp³-hybridized carbons (Fsp3) is 0.591. The standard InChI is InChI=1S/C22H28N4O3/c1-21(28)14-22(29-13-18(21)25-20(27)15-4-5-15)7-11-26(12-8-22)19-16-3-2-9-23-17(16)6-10-24-19/h2-3,6,9-10,15,18,28H,4-5,7-8,11-14H2,1H3,(H,25,27)/t18-,21-/m0/s1. The fourth-order valence-electron chi connectivity index (χ4n) is 4.78. The van der Waals surface area contributed by atoms with Crippen molar-refractivity contribution >= 4 is 22.6 Å². The van der Waals surface area contributed by atoms with Gasteiger partial charge in [0.1, 0.15) is 5.82 Å². The Kier molecular flexibility index (Phi) is 4.47. The van der Waals surface area contributed by atoms with E-state index >= 15 is 0 Å². The van der Waals surface area contributed by atoms with Crippen LogP contribution in [0.4, 0.5) is 5.82 Å². The number of carbonyl (C=O) groups excluding carboxylic acids is 1. The van der Waals surface area contributed by atoms with Gasteiger partial charge in [0.25, 0.3) is 0 Å². The minimum Gasteiger partial charge on any atom is -0.388 e. The van der Waals surface area contributed by atoms with Crippen LogP contribution in [-0.4, -0.2) is 57.9 Å². The fourth-order valence-corrected chi connectivity index (χ4v) is 4.78. The molecule has 3 fully saturated rings.